The molecule has 2 rings (SSSR count). The second kappa shape index (κ2) is 3.81. The molecule has 5 heteroatoms. The fraction of sp³-hybridized carbons (Fsp3) is 0.100. The van der Waals surface area contributed by atoms with Crippen LogP contribution in [0.3, 0.4) is 0 Å². The Kier molecular flexibility index (Phi) is 2.79. The van der Waals surface area contributed by atoms with Crippen molar-refractivity contribution in [3.05, 3.63) is 32.2 Å². The predicted molar refractivity (Wildman–Crippen MR) is 68.6 cm³/mol. The van der Waals surface area contributed by atoms with Crippen LogP contribution in [-0.4, -0.2) is 4.98 Å². The molecule has 0 spiro atoms. The Morgan fingerprint density at radius 1 is 1.27 bits per heavy atom. The van der Waals surface area contributed by atoms with E-state index in [-0.39, 0.29) is 0 Å². The Bertz CT molecular complexity index is 550. The van der Waals surface area contributed by atoms with Gasteiger partial charge in [0, 0.05) is 9.86 Å². The van der Waals surface area contributed by atoms with Gasteiger partial charge in [-0.1, -0.05) is 23.2 Å². The van der Waals surface area contributed by atoms with Crippen LogP contribution in [-0.2, 0) is 0 Å². The zero-order chi connectivity index (χ0) is 11.2. The van der Waals surface area contributed by atoms with Crippen LogP contribution in [0.15, 0.2) is 16.6 Å². The summed E-state index contributed by atoms with van der Waals surface area (Å²) >= 11 is 15.4. The average Bonchev–Trinajstić information content (AvgIpc) is 2.19. The van der Waals surface area contributed by atoms with Crippen LogP contribution >= 0.6 is 39.1 Å². The topological polar surface area (TPSA) is 38.9 Å². The molecular formula is C10H7BrCl2N2. The van der Waals surface area contributed by atoms with Crippen molar-refractivity contribution in [1.82, 2.24) is 4.98 Å². The van der Waals surface area contributed by atoms with Gasteiger partial charge < -0.3 is 5.73 Å². The Hall–Kier alpha value is -0.510. The molecule has 2 aromatic rings. The second-order valence-electron chi connectivity index (χ2n) is 3.25. The normalized spacial score (nSPS) is 10.9. The Balaban J connectivity index is 2.93. The molecule has 15 heavy (non-hydrogen) atoms. The van der Waals surface area contributed by atoms with E-state index in [0.29, 0.717) is 21.4 Å². The monoisotopic (exact) mass is 304 g/mol. The zero-order valence-corrected chi connectivity index (χ0v) is 10.9. The van der Waals surface area contributed by atoms with Crippen molar-refractivity contribution < 1.29 is 0 Å². The average molecular weight is 306 g/mol. The number of anilines is 1. The fourth-order valence-corrected chi connectivity index (χ4v) is 2.30. The first-order chi connectivity index (χ1) is 7.00. The number of nitrogens with two attached hydrogens (primary N) is 1. The Morgan fingerprint density at radius 3 is 2.60 bits per heavy atom. The number of halogens is 3. The minimum Gasteiger partial charge on any atom is -0.383 e. The Morgan fingerprint density at radius 2 is 1.93 bits per heavy atom. The van der Waals surface area contributed by atoms with Crippen molar-refractivity contribution in [2.45, 2.75) is 6.92 Å². The molecule has 2 nitrogen and oxygen atoms in total. The van der Waals surface area contributed by atoms with Gasteiger partial charge in [-0.25, -0.2) is 4.98 Å². The van der Waals surface area contributed by atoms with E-state index in [9.17, 15) is 0 Å². The van der Waals surface area contributed by atoms with Crippen LogP contribution in [0.2, 0.25) is 10.0 Å². The van der Waals surface area contributed by atoms with Gasteiger partial charge in [-0.15, -0.1) is 0 Å². The number of pyridine rings is 1. The van der Waals surface area contributed by atoms with Crippen molar-refractivity contribution in [3.8, 4) is 0 Å². The van der Waals surface area contributed by atoms with Crippen LogP contribution in [0.1, 0.15) is 5.56 Å². The predicted octanol–water partition coefficient (Wildman–Crippen LogP) is 4.19. The van der Waals surface area contributed by atoms with Gasteiger partial charge in [0.05, 0.1) is 15.6 Å². The highest BCUT2D eigenvalue weighted by atomic mass is 79.9. The summed E-state index contributed by atoms with van der Waals surface area (Å²) in [5.74, 6) is 0.475. The number of hydrogen-bond donors (Lipinski definition) is 1. The van der Waals surface area contributed by atoms with Gasteiger partial charge in [-0.05, 0) is 40.5 Å². The summed E-state index contributed by atoms with van der Waals surface area (Å²) in [6.45, 7) is 1.90. The van der Waals surface area contributed by atoms with E-state index >= 15 is 0 Å². The number of benzene rings is 1. The van der Waals surface area contributed by atoms with E-state index in [0.717, 1.165) is 15.4 Å². The van der Waals surface area contributed by atoms with E-state index in [1.54, 1.807) is 0 Å². The van der Waals surface area contributed by atoms with Crippen molar-refractivity contribution >= 4 is 55.9 Å². The van der Waals surface area contributed by atoms with Crippen molar-refractivity contribution in [2.24, 2.45) is 0 Å². The smallest absolute Gasteiger partial charge is 0.127 e. The van der Waals surface area contributed by atoms with E-state index in [2.05, 4.69) is 20.9 Å². The number of hydrogen-bond acceptors (Lipinski definition) is 2. The third-order valence-corrected chi connectivity index (χ3v) is 3.89. The number of nitrogen functional groups attached to an aromatic ring is 1. The molecule has 0 aliphatic rings. The molecule has 0 amide bonds. The van der Waals surface area contributed by atoms with Gasteiger partial charge in [0.15, 0.2) is 0 Å². The van der Waals surface area contributed by atoms with Crippen molar-refractivity contribution in [2.75, 3.05) is 5.73 Å². The first-order valence-corrected chi connectivity index (χ1v) is 5.76. The lowest BCUT2D eigenvalue weighted by atomic mass is 10.1. The molecular weight excluding hydrogens is 299 g/mol. The number of fused-ring (bicyclic) bond motifs is 1. The molecule has 0 unspecified atom stereocenters. The molecule has 0 bridgehead atoms. The third-order valence-electron chi connectivity index (χ3n) is 2.17. The van der Waals surface area contributed by atoms with Crippen molar-refractivity contribution in [3.63, 3.8) is 0 Å². The number of aromatic nitrogens is 1. The van der Waals surface area contributed by atoms with Crippen LogP contribution in [0.5, 0.6) is 0 Å². The summed E-state index contributed by atoms with van der Waals surface area (Å²) < 4.78 is 0.757. The first kappa shape index (κ1) is 11.0. The third kappa shape index (κ3) is 1.80. The molecule has 0 saturated carbocycles. The van der Waals surface area contributed by atoms with Crippen LogP contribution in [0, 0.1) is 6.92 Å². The molecule has 0 radical (unpaired) electrons. The van der Waals surface area contributed by atoms with Crippen molar-refractivity contribution in [1.29, 1.82) is 0 Å². The quantitative estimate of drug-likeness (QED) is 0.741. The maximum absolute atomic E-state index is 6.08. The summed E-state index contributed by atoms with van der Waals surface area (Å²) in [5, 5.41) is 1.80. The van der Waals surface area contributed by atoms with E-state index in [4.69, 9.17) is 28.9 Å². The summed E-state index contributed by atoms with van der Waals surface area (Å²) in [7, 11) is 0. The molecule has 0 aliphatic heterocycles. The standard InChI is InChI=1S/C10H7BrCl2N2/c1-4-2-5-3-6(11)7(12)8(13)9(5)15-10(4)14/h2-3H,1H3,(H2,14,15). The number of nitrogens with zero attached hydrogens (tertiary/aromatic N) is 1. The molecule has 1 heterocycles. The van der Waals surface area contributed by atoms with Crippen LogP contribution in [0.25, 0.3) is 10.9 Å². The summed E-state index contributed by atoms with van der Waals surface area (Å²) in [6, 6.07) is 3.81. The molecule has 0 aliphatic carbocycles. The lowest BCUT2D eigenvalue weighted by Crippen LogP contribution is -1.95. The lowest BCUT2D eigenvalue weighted by molar-refractivity contribution is 1.34. The molecule has 1 aromatic heterocycles. The van der Waals surface area contributed by atoms with Gasteiger partial charge in [0.2, 0.25) is 0 Å². The largest absolute Gasteiger partial charge is 0.383 e. The molecule has 0 fully saturated rings. The highest BCUT2D eigenvalue weighted by Gasteiger charge is 2.11. The molecule has 1 aromatic carbocycles. The van der Waals surface area contributed by atoms with Gasteiger partial charge in [-0.2, -0.15) is 0 Å². The highest BCUT2D eigenvalue weighted by Crippen LogP contribution is 2.36. The van der Waals surface area contributed by atoms with E-state index < -0.39 is 0 Å². The lowest BCUT2D eigenvalue weighted by Gasteiger charge is -2.07. The summed E-state index contributed by atoms with van der Waals surface area (Å²) in [4.78, 5) is 4.22. The zero-order valence-electron chi connectivity index (χ0n) is 7.81. The number of aryl methyl sites for hydroxylation is 1. The first-order valence-electron chi connectivity index (χ1n) is 4.21. The SMILES string of the molecule is Cc1cc2cc(Br)c(Cl)c(Cl)c2nc1N. The van der Waals surface area contributed by atoms with Gasteiger partial charge in [0.1, 0.15) is 5.82 Å². The maximum atomic E-state index is 6.08. The van der Waals surface area contributed by atoms with Gasteiger partial charge in [-0.3, -0.25) is 0 Å². The minimum absolute atomic E-state index is 0.424. The molecule has 0 saturated heterocycles. The molecule has 2 N–H and O–H groups in total. The van der Waals surface area contributed by atoms with Gasteiger partial charge >= 0.3 is 0 Å². The fourth-order valence-electron chi connectivity index (χ4n) is 1.34. The van der Waals surface area contributed by atoms with Gasteiger partial charge in [0.25, 0.3) is 0 Å². The van der Waals surface area contributed by atoms with E-state index in [1.165, 1.54) is 0 Å². The van der Waals surface area contributed by atoms with Crippen LogP contribution < -0.4 is 5.73 Å². The Labute approximate surface area is 106 Å². The molecule has 78 valence electrons. The highest BCUT2D eigenvalue weighted by molar-refractivity contribution is 9.10. The minimum atomic E-state index is 0.424. The molecule has 0 atom stereocenters. The second-order valence-corrected chi connectivity index (χ2v) is 4.86. The van der Waals surface area contributed by atoms with E-state index in [1.807, 2.05) is 19.1 Å². The van der Waals surface area contributed by atoms with Crippen LogP contribution in [0.4, 0.5) is 5.82 Å². The number of rotatable bonds is 0. The maximum Gasteiger partial charge on any atom is 0.127 e. The summed E-state index contributed by atoms with van der Waals surface area (Å²) in [6.07, 6.45) is 0. The summed E-state index contributed by atoms with van der Waals surface area (Å²) in [5.41, 5.74) is 7.27.